The summed E-state index contributed by atoms with van der Waals surface area (Å²) in [4.78, 5) is 1.60. The van der Waals surface area contributed by atoms with Crippen LogP contribution in [-0.4, -0.2) is 30.7 Å². The molecule has 0 amide bonds. The fraction of sp³-hybridized carbons (Fsp3) is 0.588. The highest BCUT2D eigenvalue weighted by atomic mass is 19.4. The summed E-state index contributed by atoms with van der Waals surface area (Å²) in [6.45, 7) is 0.416. The molecule has 0 N–H and O–H groups in total. The maximum atomic E-state index is 13.0. The van der Waals surface area contributed by atoms with E-state index in [4.69, 9.17) is 5.26 Å². The molecule has 1 fully saturated rings. The van der Waals surface area contributed by atoms with Gasteiger partial charge in [0, 0.05) is 19.5 Å². The van der Waals surface area contributed by atoms with Crippen molar-refractivity contribution in [3.63, 3.8) is 0 Å². The van der Waals surface area contributed by atoms with Crippen LogP contribution in [0.15, 0.2) is 24.3 Å². The molecular formula is C17H18F6N2. The Balaban J connectivity index is 2.09. The first-order valence-electron chi connectivity index (χ1n) is 7.94. The number of hydrogen-bond donors (Lipinski definition) is 0. The van der Waals surface area contributed by atoms with E-state index < -0.39 is 30.3 Å². The first-order valence-corrected chi connectivity index (χ1v) is 7.94. The highest BCUT2D eigenvalue weighted by Gasteiger charge is 2.41. The predicted octanol–water partition coefficient (Wildman–Crippen LogP) is 4.98. The van der Waals surface area contributed by atoms with Crippen LogP contribution in [-0.2, 0) is 6.18 Å². The summed E-state index contributed by atoms with van der Waals surface area (Å²) >= 11 is 0. The quantitative estimate of drug-likeness (QED) is 0.705. The van der Waals surface area contributed by atoms with Crippen molar-refractivity contribution in [1.29, 1.82) is 5.26 Å². The van der Waals surface area contributed by atoms with Crippen LogP contribution in [0.2, 0.25) is 0 Å². The summed E-state index contributed by atoms with van der Waals surface area (Å²) < 4.78 is 77.4. The van der Waals surface area contributed by atoms with Crippen LogP contribution in [0.5, 0.6) is 0 Å². The standard InChI is InChI=1S/C17H18F6N2/c18-16(19,20)14-5-1-3-12(9-14)13-4-2-8-25(10-13)11-15(6-7-24)17(21,22)23/h1,3,5,9,13,15H,2,4,6,8,10-11H2/t13-,15-/m1/s1. The van der Waals surface area contributed by atoms with Crippen LogP contribution in [0.4, 0.5) is 26.3 Å². The molecule has 25 heavy (non-hydrogen) atoms. The Labute approximate surface area is 142 Å². The molecule has 2 atom stereocenters. The van der Waals surface area contributed by atoms with Gasteiger partial charge in [-0.1, -0.05) is 18.2 Å². The van der Waals surface area contributed by atoms with Gasteiger partial charge in [0.1, 0.15) is 0 Å². The zero-order valence-corrected chi connectivity index (χ0v) is 13.4. The monoisotopic (exact) mass is 364 g/mol. The van der Waals surface area contributed by atoms with Crippen molar-refractivity contribution in [2.75, 3.05) is 19.6 Å². The molecular weight excluding hydrogens is 346 g/mol. The summed E-state index contributed by atoms with van der Waals surface area (Å²) in [7, 11) is 0. The molecule has 1 aliphatic rings. The van der Waals surface area contributed by atoms with Crippen molar-refractivity contribution in [2.45, 2.75) is 37.5 Å². The van der Waals surface area contributed by atoms with Crippen LogP contribution in [0, 0.1) is 17.2 Å². The molecule has 1 aliphatic heterocycles. The minimum absolute atomic E-state index is 0.244. The normalized spacial score (nSPS) is 20.9. The molecule has 1 heterocycles. The van der Waals surface area contributed by atoms with Crippen molar-refractivity contribution in [1.82, 2.24) is 4.90 Å². The van der Waals surface area contributed by atoms with E-state index in [1.807, 2.05) is 0 Å². The Hall–Kier alpha value is -1.75. The number of alkyl halides is 6. The minimum atomic E-state index is -4.46. The zero-order chi connectivity index (χ0) is 18.7. The van der Waals surface area contributed by atoms with Crippen molar-refractivity contribution < 1.29 is 26.3 Å². The molecule has 1 aromatic carbocycles. The number of nitriles is 1. The molecule has 2 rings (SSSR count). The summed E-state index contributed by atoms with van der Waals surface area (Å²) in [5.41, 5.74) is -0.261. The Morgan fingerprint density at radius 1 is 1.20 bits per heavy atom. The first kappa shape index (κ1) is 19.6. The average molecular weight is 364 g/mol. The number of nitrogens with zero attached hydrogens (tertiary/aromatic N) is 2. The number of likely N-dealkylation sites (tertiary alicyclic amines) is 1. The summed E-state index contributed by atoms with van der Waals surface area (Å²) in [5.74, 6) is -1.98. The molecule has 0 radical (unpaired) electrons. The SMILES string of the molecule is N#CC[C@H](CN1CCC[C@@H](c2cccc(C(F)(F)F)c2)C1)C(F)(F)F. The van der Waals surface area contributed by atoms with Crippen molar-refractivity contribution in [3.05, 3.63) is 35.4 Å². The lowest BCUT2D eigenvalue weighted by Gasteiger charge is -2.35. The van der Waals surface area contributed by atoms with Crippen molar-refractivity contribution in [2.24, 2.45) is 5.92 Å². The second-order valence-corrected chi connectivity index (χ2v) is 6.32. The number of piperidine rings is 1. The van der Waals surface area contributed by atoms with Crippen LogP contribution >= 0.6 is 0 Å². The highest BCUT2D eigenvalue weighted by molar-refractivity contribution is 5.28. The van der Waals surface area contributed by atoms with Gasteiger partial charge in [-0.3, -0.25) is 0 Å². The van der Waals surface area contributed by atoms with E-state index >= 15 is 0 Å². The van der Waals surface area contributed by atoms with E-state index in [9.17, 15) is 26.3 Å². The molecule has 2 nitrogen and oxygen atoms in total. The zero-order valence-electron chi connectivity index (χ0n) is 13.4. The lowest BCUT2D eigenvalue weighted by atomic mass is 9.89. The van der Waals surface area contributed by atoms with Gasteiger partial charge < -0.3 is 4.90 Å². The number of rotatable bonds is 4. The van der Waals surface area contributed by atoms with Gasteiger partial charge in [-0.15, -0.1) is 0 Å². The van der Waals surface area contributed by atoms with Gasteiger partial charge in [0.15, 0.2) is 0 Å². The van der Waals surface area contributed by atoms with E-state index in [1.54, 1.807) is 17.0 Å². The maximum absolute atomic E-state index is 13.0. The van der Waals surface area contributed by atoms with Gasteiger partial charge in [0.05, 0.1) is 17.6 Å². The Morgan fingerprint density at radius 3 is 2.52 bits per heavy atom. The molecule has 0 unspecified atom stereocenters. The second kappa shape index (κ2) is 7.65. The Bertz CT molecular complexity index is 617. The lowest BCUT2D eigenvalue weighted by Crippen LogP contribution is -2.41. The van der Waals surface area contributed by atoms with Gasteiger partial charge >= 0.3 is 12.4 Å². The summed E-state index contributed by atoms with van der Waals surface area (Å²) in [6.07, 6.45) is -8.28. The van der Waals surface area contributed by atoms with Crippen LogP contribution < -0.4 is 0 Å². The Morgan fingerprint density at radius 2 is 1.92 bits per heavy atom. The molecule has 0 aliphatic carbocycles. The molecule has 0 spiro atoms. The molecule has 0 aromatic heterocycles. The summed E-state index contributed by atoms with van der Waals surface area (Å²) in [5, 5.41) is 8.59. The minimum Gasteiger partial charge on any atom is -0.302 e. The summed E-state index contributed by atoms with van der Waals surface area (Å²) in [6, 6.07) is 6.52. The van der Waals surface area contributed by atoms with Gasteiger partial charge in [-0.2, -0.15) is 31.6 Å². The lowest BCUT2D eigenvalue weighted by molar-refractivity contribution is -0.178. The molecule has 0 bridgehead atoms. The van der Waals surface area contributed by atoms with Gasteiger partial charge in [-0.05, 0) is 36.9 Å². The Kier molecular flexibility index (Phi) is 5.99. The number of hydrogen-bond acceptors (Lipinski definition) is 2. The number of halogens is 6. The third-order valence-electron chi connectivity index (χ3n) is 4.47. The van der Waals surface area contributed by atoms with Crippen LogP contribution in [0.1, 0.15) is 36.3 Å². The van der Waals surface area contributed by atoms with E-state index in [2.05, 4.69) is 0 Å². The molecule has 1 saturated heterocycles. The van der Waals surface area contributed by atoms with Crippen LogP contribution in [0.25, 0.3) is 0 Å². The smallest absolute Gasteiger partial charge is 0.302 e. The number of benzene rings is 1. The van der Waals surface area contributed by atoms with Gasteiger partial charge in [0.2, 0.25) is 0 Å². The average Bonchev–Trinajstić information content (AvgIpc) is 2.53. The predicted molar refractivity (Wildman–Crippen MR) is 79.6 cm³/mol. The van der Waals surface area contributed by atoms with Gasteiger partial charge in [0.25, 0.3) is 0 Å². The molecule has 8 heteroatoms. The van der Waals surface area contributed by atoms with E-state index in [-0.39, 0.29) is 19.0 Å². The van der Waals surface area contributed by atoms with Gasteiger partial charge in [-0.25, -0.2) is 0 Å². The third-order valence-corrected chi connectivity index (χ3v) is 4.47. The van der Waals surface area contributed by atoms with Crippen molar-refractivity contribution in [3.8, 4) is 6.07 Å². The molecule has 1 aromatic rings. The maximum Gasteiger partial charge on any atom is 0.416 e. The van der Waals surface area contributed by atoms with E-state index in [0.29, 0.717) is 24.9 Å². The fourth-order valence-corrected chi connectivity index (χ4v) is 3.17. The highest BCUT2D eigenvalue weighted by Crippen LogP contribution is 2.35. The topological polar surface area (TPSA) is 27.0 Å². The van der Waals surface area contributed by atoms with Crippen LogP contribution in [0.3, 0.4) is 0 Å². The largest absolute Gasteiger partial charge is 0.416 e. The second-order valence-electron chi connectivity index (χ2n) is 6.32. The molecule has 0 saturated carbocycles. The van der Waals surface area contributed by atoms with Crippen molar-refractivity contribution >= 4 is 0 Å². The van der Waals surface area contributed by atoms with E-state index in [0.717, 1.165) is 12.1 Å². The van der Waals surface area contributed by atoms with E-state index in [1.165, 1.54) is 6.07 Å². The third kappa shape index (κ3) is 5.36. The first-order chi connectivity index (χ1) is 11.6. The fourth-order valence-electron chi connectivity index (χ4n) is 3.17. The molecule has 138 valence electrons.